The standard InChI is InChI=1S/C13H16BrNO5/c1-8(20-10-5-3-4-9(14)6-10)12(16)15-11(7-19-2)13(17)18/h3-6,8,11H,7H2,1-2H3,(H,15,16)(H,17,18). The lowest BCUT2D eigenvalue weighted by Gasteiger charge is -2.18. The van der Waals surface area contributed by atoms with E-state index in [0.29, 0.717) is 5.75 Å². The maximum atomic E-state index is 11.9. The second kappa shape index (κ2) is 7.86. The van der Waals surface area contributed by atoms with Gasteiger partial charge in [-0.1, -0.05) is 22.0 Å². The van der Waals surface area contributed by atoms with Crippen LogP contribution in [0.3, 0.4) is 0 Å². The molecule has 7 heteroatoms. The Labute approximate surface area is 125 Å². The minimum absolute atomic E-state index is 0.106. The number of rotatable bonds is 7. The van der Waals surface area contributed by atoms with Crippen LogP contribution in [0.4, 0.5) is 0 Å². The summed E-state index contributed by atoms with van der Waals surface area (Å²) in [6.07, 6.45) is -0.817. The molecule has 2 atom stereocenters. The largest absolute Gasteiger partial charge is 0.481 e. The van der Waals surface area contributed by atoms with Crippen molar-refractivity contribution in [2.75, 3.05) is 13.7 Å². The Bertz CT molecular complexity index is 480. The molecule has 20 heavy (non-hydrogen) atoms. The van der Waals surface area contributed by atoms with E-state index in [9.17, 15) is 9.59 Å². The van der Waals surface area contributed by atoms with E-state index in [1.54, 1.807) is 25.1 Å². The zero-order valence-corrected chi connectivity index (χ0v) is 12.7. The number of methoxy groups -OCH3 is 1. The fourth-order valence-corrected chi connectivity index (χ4v) is 1.81. The first-order chi connectivity index (χ1) is 9.43. The molecule has 6 nitrogen and oxygen atoms in total. The summed E-state index contributed by atoms with van der Waals surface area (Å²) in [5.74, 6) is -1.16. The molecule has 2 unspecified atom stereocenters. The summed E-state index contributed by atoms with van der Waals surface area (Å²) in [5.41, 5.74) is 0. The molecule has 0 aliphatic carbocycles. The summed E-state index contributed by atoms with van der Waals surface area (Å²) in [4.78, 5) is 22.8. The third-order valence-corrected chi connectivity index (χ3v) is 2.92. The lowest BCUT2D eigenvalue weighted by atomic mass is 10.2. The first-order valence-electron chi connectivity index (χ1n) is 5.88. The lowest BCUT2D eigenvalue weighted by molar-refractivity contribution is -0.144. The predicted octanol–water partition coefficient (Wildman–Crippen LogP) is 1.43. The molecule has 0 radical (unpaired) electrons. The van der Waals surface area contributed by atoms with Gasteiger partial charge in [-0.2, -0.15) is 0 Å². The summed E-state index contributed by atoms with van der Waals surface area (Å²) in [7, 11) is 1.36. The zero-order valence-electron chi connectivity index (χ0n) is 11.1. The highest BCUT2D eigenvalue weighted by Crippen LogP contribution is 2.18. The lowest BCUT2D eigenvalue weighted by Crippen LogP contribution is -2.48. The van der Waals surface area contributed by atoms with Gasteiger partial charge >= 0.3 is 5.97 Å². The van der Waals surface area contributed by atoms with Gasteiger partial charge in [0.25, 0.3) is 5.91 Å². The average Bonchev–Trinajstić information content (AvgIpc) is 2.37. The van der Waals surface area contributed by atoms with Gasteiger partial charge in [0.2, 0.25) is 0 Å². The van der Waals surface area contributed by atoms with E-state index in [-0.39, 0.29) is 6.61 Å². The molecule has 2 N–H and O–H groups in total. The maximum Gasteiger partial charge on any atom is 0.328 e. The van der Waals surface area contributed by atoms with Gasteiger partial charge in [-0.15, -0.1) is 0 Å². The molecule has 0 saturated carbocycles. The minimum atomic E-state index is -1.16. The molecule has 1 aromatic rings. The van der Waals surface area contributed by atoms with Crippen molar-refractivity contribution in [3.05, 3.63) is 28.7 Å². The number of hydrogen-bond donors (Lipinski definition) is 2. The average molecular weight is 346 g/mol. The number of hydrogen-bond acceptors (Lipinski definition) is 4. The van der Waals surface area contributed by atoms with Crippen molar-refractivity contribution in [3.8, 4) is 5.75 Å². The number of carbonyl (C=O) groups is 2. The van der Waals surface area contributed by atoms with Crippen molar-refractivity contribution in [3.63, 3.8) is 0 Å². The first kappa shape index (κ1) is 16.5. The van der Waals surface area contributed by atoms with Crippen LogP contribution < -0.4 is 10.1 Å². The van der Waals surface area contributed by atoms with Crippen LogP contribution in [-0.2, 0) is 14.3 Å². The highest BCUT2D eigenvalue weighted by Gasteiger charge is 2.23. The van der Waals surface area contributed by atoms with Crippen molar-refractivity contribution in [2.24, 2.45) is 0 Å². The van der Waals surface area contributed by atoms with E-state index in [1.807, 2.05) is 6.07 Å². The van der Waals surface area contributed by atoms with Crippen molar-refractivity contribution < 1.29 is 24.2 Å². The number of carbonyl (C=O) groups excluding carboxylic acids is 1. The Hall–Kier alpha value is -1.60. The normalized spacial score (nSPS) is 13.3. The highest BCUT2D eigenvalue weighted by molar-refractivity contribution is 9.10. The van der Waals surface area contributed by atoms with Crippen molar-refractivity contribution in [1.82, 2.24) is 5.32 Å². The summed E-state index contributed by atoms with van der Waals surface area (Å²) in [6, 6.07) is 5.93. The topological polar surface area (TPSA) is 84.9 Å². The van der Waals surface area contributed by atoms with Crippen LogP contribution in [0.25, 0.3) is 0 Å². The highest BCUT2D eigenvalue weighted by atomic mass is 79.9. The van der Waals surface area contributed by atoms with Crippen LogP contribution in [0, 0.1) is 0 Å². The van der Waals surface area contributed by atoms with Crippen LogP contribution >= 0.6 is 15.9 Å². The Balaban J connectivity index is 2.60. The summed E-state index contributed by atoms with van der Waals surface area (Å²) in [6.45, 7) is 1.44. The fourth-order valence-electron chi connectivity index (χ4n) is 1.43. The first-order valence-corrected chi connectivity index (χ1v) is 6.67. The monoisotopic (exact) mass is 345 g/mol. The molecule has 0 aromatic heterocycles. The number of carboxylic acid groups (broad SMARTS) is 1. The van der Waals surface area contributed by atoms with E-state index in [0.717, 1.165) is 4.47 Å². The second-order valence-corrected chi connectivity index (χ2v) is 4.99. The van der Waals surface area contributed by atoms with E-state index in [1.165, 1.54) is 7.11 Å². The summed E-state index contributed by atoms with van der Waals surface area (Å²) < 4.78 is 11.0. The van der Waals surface area contributed by atoms with E-state index in [4.69, 9.17) is 14.6 Å². The molecule has 0 bridgehead atoms. The van der Waals surface area contributed by atoms with Crippen LogP contribution in [-0.4, -0.2) is 42.8 Å². The molecule has 110 valence electrons. The molecule has 0 saturated heterocycles. The van der Waals surface area contributed by atoms with E-state index < -0.39 is 24.0 Å². The number of amides is 1. The van der Waals surface area contributed by atoms with Crippen LogP contribution in [0.5, 0.6) is 5.75 Å². The number of nitrogens with one attached hydrogen (secondary N) is 1. The van der Waals surface area contributed by atoms with E-state index in [2.05, 4.69) is 21.2 Å². The molecule has 0 heterocycles. The molecular formula is C13H16BrNO5. The van der Waals surface area contributed by atoms with Gasteiger partial charge in [-0.25, -0.2) is 4.79 Å². The molecule has 1 amide bonds. The SMILES string of the molecule is COCC(NC(=O)C(C)Oc1cccc(Br)c1)C(=O)O. The number of ether oxygens (including phenoxy) is 2. The van der Waals surface area contributed by atoms with E-state index >= 15 is 0 Å². The molecule has 0 aliphatic rings. The Morgan fingerprint density at radius 3 is 2.70 bits per heavy atom. The smallest absolute Gasteiger partial charge is 0.328 e. The molecule has 1 aromatic carbocycles. The van der Waals surface area contributed by atoms with Crippen LogP contribution in [0.2, 0.25) is 0 Å². The molecule has 1 rings (SSSR count). The number of halogens is 1. The maximum absolute atomic E-state index is 11.9. The van der Waals surface area contributed by atoms with Crippen LogP contribution in [0.15, 0.2) is 28.7 Å². The quantitative estimate of drug-likeness (QED) is 0.780. The molecule has 0 spiro atoms. The van der Waals surface area contributed by atoms with Crippen LogP contribution in [0.1, 0.15) is 6.92 Å². The number of aliphatic carboxylic acids is 1. The van der Waals surface area contributed by atoms with Crippen molar-refractivity contribution in [1.29, 1.82) is 0 Å². The number of benzene rings is 1. The van der Waals surface area contributed by atoms with Gasteiger partial charge < -0.3 is 19.9 Å². The van der Waals surface area contributed by atoms with Crippen molar-refractivity contribution in [2.45, 2.75) is 19.1 Å². The third-order valence-electron chi connectivity index (χ3n) is 2.43. The Morgan fingerprint density at radius 2 is 2.15 bits per heavy atom. The summed E-state index contributed by atoms with van der Waals surface area (Å²) >= 11 is 3.29. The minimum Gasteiger partial charge on any atom is -0.481 e. The van der Waals surface area contributed by atoms with Crippen molar-refractivity contribution >= 4 is 27.8 Å². The van der Waals surface area contributed by atoms with Gasteiger partial charge in [-0.3, -0.25) is 4.79 Å². The van der Waals surface area contributed by atoms with Gasteiger partial charge in [0.1, 0.15) is 5.75 Å². The molecule has 0 aliphatic heterocycles. The number of carboxylic acids is 1. The van der Waals surface area contributed by atoms with Gasteiger partial charge in [-0.05, 0) is 25.1 Å². The third kappa shape index (κ3) is 5.18. The Kier molecular flexibility index (Phi) is 6.47. The summed E-state index contributed by atoms with van der Waals surface area (Å²) in [5, 5.41) is 11.3. The molecular weight excluding hydrogens is 330 g/mol. The Morgan fingerprint density at radius 1 is 1.45 bits per heavy atom. The fraction of sp³-hybridized carbons (Fsp3) is 0.385. The second-order valence-electron chi connectivity index (χ2n) is 4.07. The van der Waals surface area contributed by atoms with Gasteiger partial charge in [0.05, 0.1) is 6.61 Å². The predicted molar refractivity (Wildman–Crippen MR) is 75.7 cm³/mol. The zero-order chi connectivity index (χ0) is 15.1. The van der Waals surface area contributed by atoms with Gasteiger partial charge in [0.15, 0.2) is 12.1 Å². The molecule has 0 fully saturated rings. The van der Waals surface area contributed by atoms with Gasteiger partial charge in [0, 0.05) is 11.6 Å².